The number of nitrogens with zero attached hydrogens (tertiary/aromatic N) is 2. The van der Waals surface area contributed by atoms with E-state index in [4.69, 9.17) is 9.47 Å². The van der Waals surface area contributed by atoms with Crippen LogP contribution in [0.3, 0.4) is 0 Å². The van der Waals surface area contributed by atoms with Crippen LogP contribution in [0, 0.1) is 5.82 Å². The van der Waals surface area contributed by atoms with Crippen LogP contribution in [0.15, 0.2) is 48.5 Å². The molecule has 0 radical (unpaired) electrons. The Balaban J connectivity index is 1.49. The molecule has 172 valence electrons. The molecule has 1 aliphatic heterocycles. The number of carbonyl (C=O) groups excluding carboxylic acids is 2. The summed E-state index contributed by atoms with van der Waals surface area (Å²) in [4.78, 5) is 28.5. The number of piperazine rings is 1. The predicted octanol–water partition coefficient (Wildman–Crippen LogP) is 3.43. The maximum Gasteiger partial charge on any atom is 0.310 e. The van der Waals surface area contributed by atoms with Gasteiger partial charge in [0.15, 0.2) is 6.61 Å². The maximum absolute atomic E-state index is 13.1. The summed E-state index contributed by atoms with van der Waals surface area (Å²) in [6.45, 7) is 8.31. The van der Waals surface area contributed by atoms with Gasteiger partial charge in [0.05, 0.1) is 13.0 Å². The van der Waals surface area contributed by atoms with Gasteiger partial charge in [0, 0.05) is 31.7 Å². The molecule has 2 unspecified atom stereocenters. The summed E-state index contributed by atoms with van der Waals surface area (Å²) in [5, 5.41) is 0. The molecule has 2 atom stereocenters. The molecule has 1 amide bonds. The molecule has 6 nitrogen and oxygen atoms in total. The quantitative estimate of drug-likeness (QED) is 0.587. The molecule has 1 heterocycles. The third-order valence-corrected chi connectivity index (χ3v) is 5.67. The van der Waals surface area contributed by atoms with Crippen LogP contribution in [0.1, 0.15) is 31.9 Å². The smallest absolute Gasteiger partial charge is 0.310 e. The van der Waals surface area contributed by atoms with Crippen LogP contribution in [0.25, 0.3) is 0 Å². The zero-order valence-corrected chi connectivity index (χ0v) is 18.9. The molecule has 2 aromatic carbocycles. The van der Waals surface area contributed by atoms with Gasteiger partial charge >= 0.3 is 5.97 Å². The molecule has 1 fully saturated rings. The van der Waals surface area contributed by atoms with Gasteiger partial charge in [-0.05, 0) is 56.2 Å². The van der Waals surface area contributed by atoms with Crippen molar-refractivity contribution in [2.75, 3.05) is 26.3 Å². The van der Waals surface area contributed by atoms with Crippen LogP contribution < -0.4 is 4.74 Å². The van der Waals surface area contributed by atoms with Crippen molar-refractivity contribution in [1.29, 1.82) is 0 Å². The minimum Gasteiger partial charge on any atom is -0.484 e. The number of hydrogen-bond donors (Lipinski definition) is 0. The van der Waals surface area contributed by atoms with E-state index >= 15 is 0 Å². The molecule has 0 spiro atoms. The van der Waals surface area contributed by atoms with Crippen molar-refractivity contribution in [2.45, 2.75) is 45.8 Å². The summed E-state index contributed by atoms with van der Waals surface area (Å²) in [6, 6.07) is 13.9. The van der Waals surface area contributed by atoms with E-state index in [2.05, 4.69) is 11.8 Å². The van der Waals surface area contributed by atoms with Crippen LogP contribution in [0.5, 0.6) is 5.75 Å². The molecule has 7 heteroatoms. The summed E-state index contributed by atoms with van der Waals surface area (Å²) in [5.74, 6) is 0.0280. The molecule has 0 aliphatic carbocycles. The number of halogens is 1. The van der Waals surface area contributed by atoms with E-state index < -0.39 is 0 Å². The van der Waals surface area contributed by atoms with Gasteiger partial charge in [-0.15, -0.1) is 0 Å². The van der Waals surface area contributed by atoms with Gasteiger partial charge in [-0.3, -0.25) is 14.5 Å². The fraction of sp³-hybridized carbons (Fsp3) is 0.440. The van der Waals surface area contributed by atoms with Crippen molar-refractivity contribution < 1.29 is 23.5 Å². The van der Waals surface area contributed by atoms with Crippen LogP contribution >= 0.6 is 0 Å². The first-order chi connectivity index (χ1) is 15.4. The van der Waals surface area contributed by atoms with Crippen molar-refractivity contribution >= 4 is 11.9 Å². The average molecular weight is 443 g/mol. The lowest BCUT2D eigenvalue weighted by molar-refractivity contribution is -0.142. The average Bonchev–Trinajstić information content (AvgIpc) is 2.77. The van der Waals surface area contributed by atoms with Crippen molar-refractivity contribution in [3.63, 3.8) is 0 Å². The Morgan fingerprint density at radius 1 is 0.969 bits per heavy atom. The third-order valence-electron chi connectivity index (χ3n) is 5.67. The molecule has 0 saturated carbocycles. The highest BCUT2D eigenvalue weighted by Crippen LogP contribution is 2.19. The second kappa shape index (κ2) is 11.1. The van der Waals surface area contributed by atoms with Gasteiger partial charge in [-0.2, -0.15) is 0 Å². The zero-order chi connectivity index (χ0) is 23.1. The highest BCUT2D eigenvalue weighted by Gasteiger charge is 2.32. The van der Waals surface area contributed by atoms with Gasteiger partial charge in [0.2, 0.25) is 0 Å². The van der Waals surface area contributed by atoms with Gasteiger partial charge in [0.1, 0.15) is 11.6 Å². The first-order valence-electron chi connectivity index (χ1n) is 11.0. The first kappa shape index (κ1) is 23.7. The van der Waals surface area contributed by atoms with E-state index in [1.54, 1.807) is 43.3 Å². The van der Waals surface area contributed by atoms with Crippen LogP contribution in [0.2, 0.25) is 0 Å². The standard InChI is InChI=1S/C25H31FN2O4/c1-4-31-25(30)13-20-7-11-23(12-8-20)32-17-24(29)28-15-18(2)27(14-19(28)3)16-21-5-9-22(26)10-6-21/h5-12,18-19H,4,13-17H2,1-3H3. The topological polar surface area (TPSA) is 59.1 Å². The van der Waals surface area contributed by atoms with E-state index in [1.807, 2.05) is 11.8 Å². The molecule has 3 rings (SSSR count). The highest BCUT2D eigenvalue weighted by molar-refractivity contribution is 5.78. The third kappa shape index (κ3) is 6.53. The summed E-state index contributed by atoms with van der Waals surface area (Å²) < 4.78 is 23.8. The molecular weight excluding hydrogens is 411 g/mol. The Hall–Kier alpha value is -2.93. The number of rotatable bonds is 8. The molecule has 0 bridgehead atoms. The number of amides is 1. The lowest BCUT2D eigenvalue weighted by Crippen LogP contribution is -2.58. The normalized spacial score (nSPS) is 18.9. The first-order valence-corrected chi connectivity index (χ1v) is 11.0. The largest absolute Gasteiger partial charge is 0.484 e. The summed E-state index contributed by atoms with van der Waals surface area (Å²) in [6.07, 6.45) is 0.213. The molecule has 0 N–H and O–H groups in total. The van der Waals surface area contributed by atoms with Crippen LogP contribution in [-0.4, -0.2) is 60.1 Å². The molecule has 1 aliphatic rings. The summed E-state index contributed by atoms with van der Waals surface area (Å²) in [7, 11) is 0. The van der Waals surface area contributed by atoms with E-state index in [-0.39, 0.29) is 42.8 Å². The number of esters is 1. The van der Waals surface area contributed by atoms with Gasteiger partial charge in [-0.1, -0.05) is 24.3 Å². The highest BCUT2D eigenvalue weighted by atomic mass is 19.1. The van der Waals surface area contributed by atoms with E-state index in [0.29, 0.717) is 18.9 Å². The SMILES string of the molecule is CCOC(=O)Cc1ccc(OCC(=O)N2CC(C)N(Cc3ccc(F)cc3)CC2C)cc1. The monoisotopic (exact) mass is 442 g/mol. The second-order valence-electron chi connectivity index (χ2n) is 8.21. The predicted molar refractivity (Wildman–Crippen MR) is 120 cm³/mol. The number of hydrogen-bond acceptors (Lipinski definition) is 5. The Kier molecular flexibility index (Phi) is 8.22. The van der Waals surface area contributed by atoms with Crippen molar-refractivity contribution in [2.24, 2.45) is 0 Å². The molecule has 32 heavy (non-hydrogen) atoms. The Labute approximate surface area is 188 Å². The van der Waals surface area contributed by atoms with Crippen molar-refractivity contribution in [3.05, 3.63) is 65.5 Å². The minimum atomic E-state index is -0.266. The fourth-order valence-corrected chi connectivity index (χ4v) is 3.90. The van der Waals surface area contributed by atoms with Gasteiger partial charge in [0.25, 0.3) is 5.91 Å². The summed E-state index contributed by atoms with van der Waals surface area (Å²) >= 11 is 0. The number of carbonyl (C=O) groups is 2. The number of ether oxygens (including phenoxy) is 2. The van der Waals surface area contributed by atoms with Crippen molar-refractivity contribution in [1.82, 2.24) is 9.80 Å². The number of benzene rings is 2. The van der Waals surface area contributed by atoms with Crippen LogP contribution in [-0.2, 0) is 27.3 Å². The van der Waals surface area contributed by atoms with E-state index in [1.165, 1.54) is 12.1 Å². The van der Waals surface area contributed by atoms with E-state index in [0.717, 1.165) is 24.2 Å². The van der Waals surface area contributed by atoms with E-state index in [9.17, 15) is 14.0 Å². The lowest BCUT2D eigenvalue weighted by Gasteiger charge is -2.44. The molecule has 2 aromatic rings. The zero-order valence-electron chi connectivity index (χ0n) is 18.9. The molecule has 1 saturated heterocycles. The van der Waals surface area contributed by atoms with Gasteiger partial charge in [-0.25, -0.2) is 4.39 Å². The minimum absolute atomic E-state index is 0.0355. The summed E-state index contributed by atoms with van der Waals surface area (Å²) in [5.41, 5.74) is 1.89. The molecule has 0 aromatic heterocycles. The van der Waals surface area contributed by atoms with Crippen LogP contribution in [0.4, 0.5) is 4.39 Å². The fourth-order valence-electron chi connectivity index (χ4n) is 3.90. The Morgan fingerprint density at radius 2 is 1.62 bits per heavy atom. The van der Waals surface area contributed by atoms with Crippen molar-refractivity contribution in [3.8, 4) is 5.75 Å². The Morgan fingerprint density at radius 3 is 2.28 bits per heavy atom. The second-order valence-corrected chi connectivity index (χ2v) is 8.21. The maximum atomic E-state index is 13.1. The Bertz CT molecular complexity index is 901. The molecular formula is C25H31FN2O4. The lowest BCUT2D eigenvalue weighted by atomic mass is 10.1. The van der Waals surface area contributed by atoms with Gasteiger partial charge < -0.3 is 14.4 Å².